The topological polar surface area (TPSA) is 80.4 Å². The molecule has 0 saturated carbocycles. The summed E-state index contributed by atoms with van der Waals surface area (Å²) >= 11 is 1.00. The Hall–Kier alpha value is -1.80. The number of aromatic carboxylic acids is 1. The summed E-state index contributed by atoms with van der Waals surface area (Å²) in [5.41, 5.74) is 4.78. The minimum atomic E-state index is -1.00. The maximum Gasteiger partial charge on any atom is 0.345 e. The molecule has 0 aliphatic rings. The number of primary amides is 1. The zero-order chi connectivity index (χ0) is 9.84. The van der Waals surface area contributed by atoms with Crippen molar-refractivity contribution in [2.75, 3.05) is 0 Å². The summed E-state index contributed by atoms with van der Waals surface area (Å²) < 4.78 is 0. The van der Waals surface area contributed by atoms with Crippen molar-refractivity contribution < 1.29 is 14.7 Å². The molecule has 0 fully saturated rings. The van der Waals surface area contributed by atoms with Gasteiger partial charge >= 0.3 is 5.97 Å². The molecule has 0 atom stereocenters. The van der Waals surface area contributed by atoms with Crippen molar-refractivity contribution in [3.8, 4) is 11.8 Å². The summed E-state index contributed by atoms with van der Waals surface area (Å²) in [6.07, 6.45) is 0. The number of carbonyl (C=O) groups excluding carboxylic acids is 1. The Kier molecular flexibility index (Phi) is 2.67. The van der Waals surface area contributed by atoms with E-state index in [0.717, 1.165) is 11.3 Å². The lowest BCUT2D eigenvalue weighted by Crippen LogP contribution is -2.05. The first-order valence-electron chi connectivity index (χ1n) is 3.24. The standard InChI is InChI=1S/C8H5NO3S/c9-7(10)4-2-5-1-3-6(13-5)8(11)12/h1,3H,(H2,9,10)(H,11,12). The molecule has 5 heteroatoms. The molecule has 0 unspecified atom stereocenters. The molecule has 3 N–H and O–H groups in total. The van der Waals surface area contributed by atoms with Gasteiger partial charge in [-0.05, 0) is 18.1 Å². The van der Waals surface area contributed by atoms with Crippen molar-refractivity contribution >= 4 is 23.2 Å². The summed E-state index contributed by atoms with van der Waals surface area (Å²) in [5.74, 6) is 2.84. The van der Waals surface area contributed by atoms with Crippen molar-refractivity contribution in [2.24, 2.45) is 5.73 Å². The number of carboxylic acid groups (broad SMARTS) is 1. The SMILES string of the molecule is NC(=O)C#Cc1ccc(C(=O)O)s1. The zero-order valence-electron chi connectivity index (χ0n) is 6.40. The third kappa shape index (κ3) is 2.61. The molecular weight excluding hydrogens is 190 g/mol. The van der Waals surface area contributed by atoms with Crippen molar-refractivity contribution in [2.45, 2.75) is 0 Å². The predicted molar refractivity (Wildman–Crippen MR) is 47.4 cm³/mol. The first-order chi connectivity index (χ1) is 6.09. The first kappa shape index (κ1) is 9.29. The average Bonchev–Trinajstić information content (AvgIpc) is 2.48. The van der Waals surface area contributed by atoms with E-state index in [-0.39, 0.29) is 4.88 Å². The van der Waals surface area contributed by atoms with Crippen molar-refractivity contribution in [1.29, 1.82) is 0 Å². The van der Waals surface area contributed by atoms with Crippen LogP contribution in [-0.2, 0) is 4.79 Å². The number of amides is 1. The number of nitrogens with two attached hydrogens (primary N) is 1. The van der Waals surface area contributed by atoms with E-state index in [1.165, 1.54) is 12.1 Å². The third-order valence-electron chi connectivity index (χ3n) is 1.13. The maximum absolute atomic E-state index is 10.4. The highest BCUT2D eigenvalue weighted by Crippen LogP contribution is 2.14. The Bertz CT molecular complexity index is 411. The maximum atomic E-state index is 10.4. The predicted octanol–water partition coefficient (Wildman–Crippen LogP) is 0.283. The number of thiophene rings is 1. The quantitative estimate of drug-likeness (QED) is 0.632. The van der Waals surface area contributed by atoms with Crippen LogP contribution in [0.15, 0.2) is 12.1 Å². The normalized spacial score (nSPS) is 8.62. The van der Waals surface area contributed by atoms with Gasteiger partial charge in [0.25, 0.3) is 5.91 Å². The van der Waals surface area contributed by atoms with Gasteiger partial charge in [-0.1, -0.05) is 0 Å². The van der Waals surface area contributed by atoms with Gasteiger partial charge in [0, 0.05) is 5.92 Å². The zero-order valence-corrected chi connectivity index (χ0v) is 7.22. The van der Waals surface area contributed by atoms with Gasteiger partial charge in [0.15, 0.2) is 0 Å². The molecule has 1 aromatic rings. The molecule has 1 heterocycles. The van der Waals surface area contributed by atoms with Gasteiger partial charge in [-0.3, -0.25) is 4.79 Å². The molecule has 0 radical (unpaired) electrons. The molecule has 0 spiro atoms. The van der Waals surface area contributed by atoms with E-state index in [4.69, 9.17) is 10.8 Å². The summed E-state index contributed by atoms with van der Waals surface area (Å²) in [4.78, 5) is 21.4. The molecule has 1 amide bonds. The van der Waals surface area contributed by atoms with Gasteiger partial charge in [0.2, 0.25) is 0 Å². The van der Waals surface area contributed by atoms with E-state index < -0.39 is 11.9 Å². The molecule has 0 saturated heterocycles. The molecular formula is C8H5NO3S. The second-order valence-electron chi connectivity index (χ2n) is 2.08. The highest BCUT2D eigenvalue weighted by Gasteiger charge is 2.04. The van der Waals surface area contributed by atoms with Gasteiger partial charge in [-0.2, -0.15) is 0 Å². The molecule has 0 aromatic carbocycles. The Morgan fingerprint density at radius 3 is 2.62 bits per heavy atom. The minimum Gasteiger partial charge on any atom is -0.477 e. The van der Waals surface area contributed by atoms with Crippen molar-refractivity contribution in [3.63, 3.8) is 0 Å². The van der Waals surface area contributed by atoms with Crippen LogP contribution >= 0.6 is 11.3 Å². The lowest BCUT2D eigenvalue weighted by molar-refractivity contribution is -0.112. The second kappa shape index (κ2) is 3.74. The summed E-state index contributed by atoms with van der Waals surface area (Å²) in [6.45, 7) is 0. The van der Waals surface area contributed by atoms with Crippen LogP contribution in [0.2, 0.25) is 0 Å². The largest absolute Gasteiger partial charge is 0.477 e. The molecule has 0 bridgehead atoms. The highest BCUT2D eigenvalue weighted by molar-refractivity contribution is 7.14. The van der Waals surface area contributed by atoms with Crippen LogP contribution in [0, 0.1) is 11.8 Å². The van der Waals surface area contributed by atoms with E-state index >= 15 is 0 Å². The van der Waals surface area contributed by atoms with Crippen LogP contribution in [0.25, 0.3) is 0 Å². The van der Waals surface area contributed by atoms with E-state index in [2.05, 4.69) is 11.8 Å². The van der Waals surface area contributed by atoms with Crippen LogP contribution in [-0.4, -0.2) is 17.0 Å². The molecule has 0 aliphatic heterocycles. The molecule has 1 aromatic heterocycles. The monoisotopic (exact) mass is 195 g/mol. The average molecular weight is 195 g/mol. The molecule has 1 rings (SSSR count). The van der Waals surface area contributed by atoms with Gasteiger partial charge in [-0.25, -0.2) is 4.79 Å². The molecule has 13 heavy (non-hydrogen) atoms. The van der Waals surface area contributed by atoms with Crippen LogP contribution in [0.4, 0.5) is 0 Å². The van der Waals surface area contributed by atoms with E-state index in [9.17, 15) is 9.59 Å². The fraction of sp³-hybridized carbons (Fsp3) is 0. The number of carbonyl (C=O) groups is 2. The summed E-state index contributed by atoms with van der Waals surface area (Å²) in [6, 6.07) is 2.96. The van der Waals surface area contributed by atoms with Crippen LogP contribution in [0.3, 0.4) is 0 Å². The van der Waals surface area contributed by atoms with Gasteiger partial charge in [0.05, 0.1) is 4.88 Å². The van der Waals surface area contributed by atoms with Crippen molar-refractivity contribution in [1.82, 2.24) is 0 Å². The van der Waals surface area contributed by atoms with E-state index in [1.807, 2.05) is 0 Å². The van der Waals surface area contributed by atoms with Crippen LogP contribution in [0.5, 0.6) is 0 Å². The van der Waals surface area contributed by atoms with E-state index in [0.29, 0.717) is 4.88 Å². The lowest BCUT2D eigenvalue weighted by Gasteiger charge is -1.80. The Morgan fingerprint density at radius 1 is 1.46 bits per heavy atom. The Labute approximate surface area is 78.0 Å². The fourth-order valence-corrected chi connectivity index (χ4v) is 1.34. The highest BCUT2D eigenvalue weighted by atomic mass is 32.1. The number of carboxylic acids is 1. The second-order valence-corrected chi connectivity index (χ2v) is 3.17. The van der Waals surface area contributed by atoms with Crippen molar-refractivity contribution in [3.05, 3.63) is 21.9 Å². The smallest absolute Gasteiger partial charge is 0.345 e. The molecule has 0 aliphatic carbocycles. The molecule has 66 valence electrons. The molecule has 4 nitrogen and oxygen atoms in total. The number of hydrogen-bond acceptors (Lipinski definition) is 3. The third-order valence-corrected chi connectivity index (χ3v) is 2.11. The number of rotatable bonds is 1. The van der Waals surface area contributed by atoms with Gasteiger partial charge < -0.3 is 10.8 Å². The first-order valence-corrected chi connectivity index (χ1v) is 4.06. The number of hydrogen-bond donors (Lipinski definition) is 2. The summed E-state index contributed by atoms with van der Waals surface area (Å²) in [5, 5.41) is 8.55. The fourth-order valence-electron chi connectivity index (χ4n) is 0.643. The van der Waals surface area contributed by atoms with Gasteiger partial charge in [0.1, 0.15) is 4.88 Å². The van der Waals surface area contributed by atoms with Crippen LogP contribution < -0.4 is 5.73 Å². The van der Waals surface area contributed by atoms with E-state index in [1.54, 1.807) is 0 Å². The Balaban J connectivity index is 2.89. The summed E-state index contributed by atoms with van der Waals surface area (Å²) in [7, 11) is 0. The lowest BCUT2D eigenvalue weighted by atomic mass is 10.4. The van der Waals surface area contributed by atoms with Gasteiger partial charge in [-0.15, -0.1) is 11.3 Å². The minimum absolute atomic E-state index is 0.189. The van der Waals surface area contributed by atoms with Crippen LogP contribution in [0.1, 0.15) is 14.5 Å². The Morgan fingerprint density at radius 2 is 2.15 bits per heavy atom.